The Labute approximate surface area is 105 Å². The molecule has 1 unspecified atom stereocenters. The molecule has 0 saturated heterocycles. The lowest BCUT2D eigenvalue weighted by Crippen LogP contribution is -2.19. The lowest BCUT2D eigenvalue weighted by molar-refractivity contribution is 0.145. The minimum Gasteiger partial charge on any atom is -0.382 e. The van der Waals surface area contributed by atoms with E-state index in [0.717, 1.165) is 32.7 Å². The highest BCUT2D eigenvalue weighted by molar-refractivity contribution is 5.18. The van der Waals surface area contributed by atoms with Crippen molar-refractivity contribution in [3.05, 3.63) is 35.9 Å². The standard InChI is InChI=1S/C15H25NO/c1-3-17-13-7-11-16-12-10-14(2)15-8-5-4-6-9-15/h4-6,8-9,14,16H,3,7,10-13H2,1-2H3. The summed E-state index contributed by atoms with van der Waals surface area (Å²) in [6.45, 7) is 8.17. The van der Waals surface area contributed by atoms with Gasteiger partial charge in [0.1, 0.15) is 0 Å². The van der Waals surface area contributed by atoms with Crippen LogP contribution in [-0.2, 0) is 4.74 Å². The molecule has 0 bridgehead atoms. The Balaban J connectivity index is 2.03. The van der Waals surface area contributed by atoms with E-state index in [9.17, 15) is 0 Å². The van der Waals surface area contributed by atoms with Crippen LogP contribution in [0, 0.1) is 0 Å². The minimum atomic E-state index is 0.635. The van der Waals surface area contributed by atoms with Crippen molar-refractivity contribution in [1.29, 1.82) is 0 Å². The minimum absolute atomic E-state index is 0.635. The summed E-state index contributed by atoms with van der Waals surface area (Å²) in [4.78, 5) is 0. The van der Waals surface area contributed by atoms with E-state index in [1.807, 2.05) is 6.92 Å². The molecule has 0 aliphatic carbocycles. The Morgan fingerprint density at radius 3 is 2.65 bits per heavy atom. The van der Waals surface area contributed by atoms with Crippen molar-refractivity contribution in [2.75, 3.05) is 26.3 Å². The Kier molecular flexibility index (Phi) is 7.69. The maximum absolute atomic E-state index is 5.29. The van der Waals surface area contributed by atoms with Gasteiger partial charge in [0.25, 0.3) is 0 Å². The molecular weight excluding hydrogens is 210 g/mol. The molecule has 0 heterocycles. The van der Waals surface area contributed by atoms with E-state index >= 15 is 0 Å². The number of hydrogen-bond acceptors (Lipinski definition) is 2. The van der Waals surface area contributed by atoms with E-state index in [1.165, 1.54) is 12.0 Å². The number of ether oxygens (including phenoxy) is 1. The molecule has 1 aromatic carbocycles. The first-order chi connectivity index (χ1) is 8.34. The lowest BCUT2D eigenvalue weighted by atomic mass is 9.98. The highest BCUT2D eigenvalue weighted by atomic mass is 16.5. The molecule has 2 heteroatoms. The second-order valence-corrected chi connectivity index (χ2v) is 4.40. The smallest absolute Gasteiger partial charge is 0.0477 e. The van der Waals surface area contributed by atoms with E-state index in [2.05, 4.69) is 42.6 Å². The molecule has 1 N–H and O–H groups in total. The molecule has 2 nitrogen and oxygen atoms in total. The average Bonchev–Trinajstić information content (AvgIpc) is 2.38. The van der Waals surface area contributed by atoms with Gasteiger partial charge in [-0.1, -0.05) is 37.3 Å². The zero-order valence-electron chi connectivity index (χ0n) is 11.1. The molecule has 0 aromatic heterocycles. The number of nitrogens with one attached hydrogen (secondary N) is 1. The van der Waals surface area contributed by atoms with Crippen LogP contribution >= 0.6 is 0 Å². The molecule has 0 saturated carbocycles. The molecule has 17 heavy (non-hydrogen) atoms. The number of rotatable bonds is 9. The van der Waals surface area contributed by atoms with E-state index in [4.69, 9.17) is 4.74 Å². The molecule has 1 rings (SSSR count). The van der Waals surface area contributed by atoms with Gasteiger partial charge >= 0.3 is 0 Å². The lowest BCUT2D eigenvalue weighted by Gasteiger charge is -2.12. The predicted octanol–water partition coefficient (Wildman–Crippen LogP) is 3.20. The highest BCUT2D eigenvalue weighted by Crippen LogP contribution is 2.17. The predicted molar refractivity (Wildman–Crippen MR) is 73.5 cm³/mol. The maximum Gasteiger partial charge on any atom is 0.0477 e. The molecule has 1 atom stereocenters. The van der Waals surface area contributed by atoms with Gasteiger partial charge in [-0.15, -0.1) is 0 Å². The summed E-state index contributed by atoms with van der Waals surface area (Å²) in [6, 6.07) is 10.7. The van der Waals surface area contributed by atoms with Crippen LogP contribution in [0.25, 0.3) is 0 Å². The molecule has 0 spiro atoms. The van der Waals surface area contributed by atoms with Crippen molar-refractivity contribution in [3.8, 4) is 0 Å². The molecule has 0 aliphatic heterocycles. The third-order valence-electron chi connectivity index (χ3n) is 2.97. The van der Waals surface area contributed by atoms with Crippen molar-refractivity contribution >= 4 is 0 Å². The normalized spacial score (nSPS) is 12.6. The highest BCUT2D eigenvalue weighted by Gasteiger charge is 2.03. The molecule has 96 valence electrons. The summed E-state index contributed by atoms with van der Waals surface area (Å²) in [5.74, 6) is 0.635. The van der Waals surface area contributed by atoms with Crippen LogP contribution in [0.5, 0.6) is 0 Å². The Morgan fingerprint density at radius 1 is 1.18 bits per heavy atom. The van der Waals surface area contributed by atoms with Gasteiger partial charge in [0, 0.05) is 13.2 Å². The van der Waals surface area contributed by atoms with Crippen molar-refractivity contribution in [3.63, 3.8) is 0 Å². The van der Waals surface area contributed by atoms with Gasteiger partial charge in [-0.05, 0) is 44.3 Å². The van der Waals surface area contributed by atoms with Crippen molar-refractivity contribution in [2.45, 2.75) is 32.6 Å². The summed E-state index contributed by atoms with van der Waals surface area (Å²) in [5, 5.41) is 3.46. The van der Waals surface area contributed by atoms with Crippen LogP contribution in [0.1, 0.15) is 38.2 Å². The first kappa shape index (κ1) is 14.2. The Hall–Kier alpha value is -0.860. The summed E-state index contributed by atoms with van der Waals surface area (Å²) in [7, 11) is 0. The van der Waals surface area contributed by atoms with Crippen molar-refractivity contribution in [1.82, 2.24) is 5.32 Å². The van der Waals surface area contributed by atoms with E-state index in [-0.39, 0.29) is 0 Å². The zero-order valence-corrected chi connectivity index (χ0v) is 11.1. The van der Waals surface area contributed by atoms with Crippen LogP contribution in [0.3, 0.4) is 0 Å². The number of benzene rings is 1. The van der Waals surface area contributed by atoms with Crippen molar-refractivity contribution < 1.29 is 4.74 Å². The Morgan fingerprint density at radius 2 is 1.94 bits per heavy atom. The summed E-state index contributed by atoms with van der Waals surface area (Å²) in [5.41, 5.74) is 1.43. The zero-order chi connectivity index (χ0) is 12.3. The van der Waals surface area contributed by atoms with Crippen molar-refractivity contribution in [2.24, 2.45) is 0 Å². The van der Waals surface area contributed by atoms with E-state index in [0.29, 0.717) is 5.92 Å². The van der Waals surface area contributed by atoms with Crippen LogP contribution < -0.4 is 5.32 Å². The maximum atomic E-state index is 5.29. The van der Waals surface area contributed by atoms with Gasteiger partial charge in [-0.2, -0.15) is 0 Å². The van der Waals surface area contributed by atoms with Crippen LogP contribution in [0.2, 0.25) is 0 Å². The summed E-state index contributed by atoms with van der Waals surface area (Å²) < 4.78 is 5.29. The largest absolute Gasteiger partial charge is 0.382 e. The van der Waals surface area contributed by atoms with Gasteiger partial charge in [0.05, 0.1) is 0 Å². The second-order valence-electron chi connectivity index (χ2n) is 4.40. The van der Waals surface area contributed by atoms with Gasteiger partial charge in [-0.25, -0.2) is 0 Å². The summed E-state index contributed by atoms with van der Waals surface area (Å²) in [6.07, 6.45) is 2.30. The van der Waals surface area contributed by atoms with Gasteiger partial charge < -0.3 is 10.1 Å². The van der Waals surface area contributed by atoms with Gasteiger partial charge in [0.2, 0.25) is 0 Å². The van der Waals surface area contributed by atoms with Crippen LogP contribution in [0.4, 0.5) is 0 Å². The first-order valence-corrected chi connectivity index (χ1v) is 6.68. The summed E-state index contributed by atoms with van der Waals surface area (Å²) >= 11 is 0. The third kappa shape index (κ3) is 6.44. The SMILES string of the molecule is CCOCCCNCCC(C)c1ccccc1. The Bertz CT molecular complexity index is 274. The van der Waals surface area contributed by atoms with E-state index < -0.39 is 0 Å². The number of hydrogen-bond donors (Lipinski definition) is 1. The fourth-order valence-electron chi connectivity index (χ4n) is 1.84. The quantitative estimate of drug-likeness (QED) is 0.664. The molecule has 0 aliphatic rings. The molecule has 1 aromatic rings. The molecular formula is C15H25NO. The third-order valence-corrected chi connectivity index (χ3v) is 2.97. The van der Waals surface area contributed by atoms with Crippen LogP contribution in [0.15, 0.2) is 30.3 Å². The topological polar surface area (TPSA) is 21.3 Å². The second kappa shape index (κ2) is 9.20. The molecule has 0 radical (unpaired) electrons. The fourth-order valence-corrected chi connectivity index (χ4v) is 1.84. The van der Waals surface area contributed by atoms with E-state index in [1.54, 1.807) is 0 Å². The first-order valence-electron chi connectivity index (χ1n) is 6.68. The monoisotopic (exact) mass is 235 g/mol. The average molecular weight is 235 g/mol. The van der Waals surface area contributed by atoms with Crippen LogP contribution in [-0.4, -0.2) is 26.3 Å². The fraction of sp³-hybridized carbons (Fsp3) is 0.600. The molecule has 0 amide bonds. The van der Waals surface area contributed by atoms with Gasteiger partial charge in [0.15, 0.2) is 0 Å². The van der Waals surface area contributed by atoms with Gasteiger partial charge in [-0.3, -0.25) is 0 Å². The molecule has 0 fully saturated rings.